The Hall–Kier alpha value is -1.43. The summed E-state index contributed by atoms with van der Waals surface area (Å²) >= 11 is 0. The molecule has 0 saturated carbocycles. The summed E-state index contributed by atoms with van der Waals surface area (Å²) < 4.78 is 46.6. The maximum atomic E-state index is 13.9. The molecule has 0 bridgehead atoms. The number of carbonyl (C=O) groups is 1. The fourth-order valence-electron chi connectivity index (χ4n) is 2.43. The molecule has 0 saturated heterocycles. The minimum atomic E-state index is -4.62. The molecule has 0 radical (unpaired) electrons. The van der Waals surface area contributed by atoms with Crippen LogP contribution in [0.2, 0.25) is 0 Å². The molecular weight excluding hydrogens is 301 g/mol. The molecule has 116 valence electrons. The lowest BCUT2D eigenvalue weighted by atomic mass is 10.1. The number of benzene rings is 1. The first-order valence-electron chi connectivity index (χ1n) is 6.58. The highest BCUT2D eigenvalue weighted by atomic mass is 32.3. The topological polar surface area (TPSA) is 26.3 Å². The summed E-state index contributed by atoms with van der Waals surface area (Å²) in [5.74, 6) is -0.871. The van der Waals surface area contributed by atoms with Gasteiger partial charge in [-0.3, -0.25) is 4.79 Å². The Morgan fingerprint density at radius 3 is 2.43 bits per heavy atom. The molecule has 1 unspecified atom stereocenters. The van der Waals surface area contributed by atoms with Crippen molar-refractivity contribution in [1.29, 1.82) is 0 Å². The van der Waals surface area contributed by atoms with E-state index in [1.807, 2.05) is 13.8 Å². The van der Waals surface area contributed by atoms with E-state index >= 15 is 0 Å². The number of hydrogen-bond donors (Lipinski definition) is 0. The molecule has 0 spiro atoms. The Labute approximate surface area is 123 Å². The number of allylic oxidation sites excluding steroid dienone is 1. The van der Waals surface area contributed by atoms with E-state index < -0.39 is 21.8 Å². The van der Waals surface area contributed by atoms with Gasteiger partial charge in [0.25, 0.3) is 0 Å². The SMILES string of the molecule is CC(=O)OS1(C(F)(F)F)C(CC(C)C)=Cc2ccccc21. The third-order valence-electron chi connectivity index (χ3n) is 3.09. The fraction of sp³-hybridized carbons (Fsp3) is 0.400. The van der Waals surface area contributed by atoms with Gasteiger partial charge in [0.05, 0.1) is 10.3 Å². The maximum absolute atomic E-state index is 13.9. The van der Waals surface area contributed by atoms with Gasteiger partial charge < -0.3 is 4.18 Å². The van der Waals surface area contributed by atoms with Crippen molar-refractivity contribution in [2.24, 2.45) is 5.92 Å². The molecule has 2 nitrogen and oxygen atoms in total. The molecule has 0 fully saturated rings. The second-order valence-corrected chi connectivity index (χ2v) is 8.03. The maximum Gasteiger partial charge on any atom is 0.464 e. The molecule has 2 rings (SSSR count). The number of alkyl halides is 3. The number of fused-ring (bicyclic) bond motifs is 1. The summed E-state index contributed by atoms with van der Waals surface area (Å²) in [6.07, 6.45) is 1.78. The number of carbonyl (C=O) groups excluding carboxylic acids is 1. The van der Waals surface area contributed by atoms with Crippen LogP contribution in [0.25, 0.3) is 6.08 Å². The molecule has 1 aromatic rings. The van der Waals surface area contributed by atoms with Gasteiger partial charge in [0.2, 0.25) is 0 Å². The summed E-state index contributed by atoms with van der Waals surface area (Å²) in [4.78, 5) is 11.6. The highest BCUT2D eigenvalue weighted by molar-refractivity contribution is 8.34. The van der Waals surface area contributed by atoms with Crippen molar-refractivity contribution in [3.63, 3.8) is 0 Å². The molecule has 0 aliphatic carbocycles. The van der Waals surface area contributed by atoms with Crippen LogP contribution in [-0.2, 0) is 8.98 Å². The summed E-state index contributed by atoms with van der Waals surface area (Å²) in [6.45, 7) is 4.71. The van der Waals surface area contributed by atoms with Crippen LogP contribution in [-0.4, -0.2) is 11.5 Å². The lowest BCUT2D eigenvalue weighted by Gasteiger charge is -2.39. The molecule has 1 aliphatic rings. The number of rotatable bonds is 3. The first-order valence-corrected chi connectivity index (χ1v) is 8.13. The Balaban J connectivity index is 2.67. The van der Waals surface area contributed by atoms with E-state index in [-0.39, 0.29) is 22.1 Å². The zero-order chi connectivity index (χ0) is 15.8. The molecule has 1 aromatic carbocycles. The van der Waals surface area contributed by atoms with E-state index in [0.717, 1.165) is 6.92 Å². The third-order valence-corrected chi connectivity index (χ3v) is 6.24. The van der Waals surface area contributed by atoms with Crippen LogP contribution >= 0.6 is 10.3 Å². The lowest BCUT2D eigenvalue weighted by molar-refractivity contribution is -0.132. The second-order valence-electron chi connectivity index (χ2n) is 5.32. The quantitative estimate of drug-likeness (QED) is 0.761. The number of halogens is 3. The first kappa shape index (κ1) is 15.9. The highest BCUT2D eigenvalue weighted by Crippen LogP contribution is 2.77. The van der Waals surface area contributed by atoms with Gasteiger partial charge in [-0.05, 0) is 30.0 Å². The highest BCUT2D eigenvalue weighted by Gasteiger charge is 2.59. The van der Waals surface area contributed by atoms with Gasteiger partial charge in [0.15, 0.2) is 0 Å². The zero-order valence-corrected chi connectivity index (χ0v) is 12.8. The predicted octanol–water partition coefficient (Wildman–Crippen LogP) is 5.25. The van der Waals surface area contributed by atoms with Gasteiger partial charge >= 0.3 is 11.5 Å². The van der Waals surface area contributed by atoms with Crippen LogP contribution in [0.15, 0.2) is 34.1 Å². The van der Waals surface area contributed by atoms with Gasteiger partial charge in [-0.2, -0.15) is 13.2 Å². The second kappa shape index (κ2) is 5.40. The molecule has 6 heteroatoms. The van der Waals surface area contributed by atoms with Crippen molar-refractivity contribution >= 4 is 22.4 Å². The summed E-state index contributed by atoms with van der Waals surface area (Å²) in [5.41, 5.74) is -4.13. The van der Waals surface area contributed by atoms with E-state index in [2.05, 4.69) is 0 Å². The lowest BCUT2D eigenvalue weighted by Crippen LogP contribution is -2.25. The molecule has 1 heterocycles. The van der Waals surface area contributed by atoms with Gasteiger partial charge in [0.1, 0.15) is 0 Å². The molecule has 0 N–H and O–H groups in total. The Kier molecular flexibility index (Phi) is 4.10. The summed E-state index contributed by atoms with van der Waals surface area (Å²) in [5, 5.41) is 0. The van der Waals surface area contributed by atoms with E-state index in [1.165, 1.54) is 12.1 Å². The Morgan fingerprint density at radius 2 is 1.90 bits per heavy atom. The Bertz CT molecular complexity index is 593. The van der Waals surface area contributed by atoms with Crippen molar-refractivity contribution in [1.82, 2.24) is 0 Å². The summed E-state index contributed by atoms with van der Waals surface area (Å²) in [6, 6.07) is 6.26. The standard InChI is InChI=1S/C15H17F3O2S/c1-10(2)8-13-9-12-6-4-5-7-14(12)21(13,15(16,17)18)20-11(3)19/h4-7,9-10H,8H2,1-3H3. The van der Waals surface area contributed by atoms with E-state index in [1.54, 1.807) is 18.2 Å². The monoisotopic (exact) mass is 318 g/mol. The van der Waals surface area contributed by atoms with Crippen molar-refractivity contribution in [3.8, 4) is 0 Å². The van der Waals surface area contributed by atoms with E-state index in [0.29, 0.717) is 5.56 Å². The van der Waals surface area contributed by atoms with Crippen LogP contribution in [0, 0.1) is 5.92 Å². The van der Waals surface area contributed by atoms with Crippen LogP contribution in [0.1, 0.15) is 32.8 Å². The van der Waals surface area contributed by atoms with Crippen molar-refractivity contribution < 1.29 is 22.1 Å². The molecule has 21 heavy (non-hydrogen) atoms. The van der Waals surface area contributed by atoms with Crippen LogP contribution in [0.3, 0.4) is 0 Å². The normalized spacial score (nSPS) is 24.2. The van der Waals surface area contributed by atoms with Crippen molar-refractivity contribution in [2.75, 3.05) is 0 Å². The van der Waals surface area contributed by atoms with E-state index in [4.69, 9.17) is 4.18 Å². The van der Waals surface area contributed by atoms with Gasteiger partial charge in [0, 0.05) is 16.7 Å². The van der Waals surface area contributed by atoms with Crippen LogP contribution in [0.4, 0.5) is 13.2 Å². The minimum Gasteiger partial charge on any atom is -0.399 e. The van der Waals surface area contributed by atoms with Crippen LogP contribution < -0.4 is 0 Å². The van der Waals surface area contributed by atoms with Gasteiger partial charge in [-0.25, -0.2) is 0 Å². The molecule has 0 aromatic heterocycles. The first-order chi connectivity index (χ1) is 9.68. The molecule has 1 aliphatic heterocycles. The molecule has 0 amide bonds. The molecular formula is C15H17F3O2S. The largest absolute Gasteiger partial charge is 0.464 e. The van der Waals surface area contributed by atoms with Crippen molar-refractivity contribution in [3.05, 3.63) is 34.7 Å². The fourth-order valence-corrected chi connectivity index (χ4v) is 5.50. The van der Waals surface area contributed by atoms with Crippen LogP contribution in [0.5, 0.6) is 0 Å². The van der Waals surface area contributed by atoms with E-state index in [9.17, 15) is 18.0 Å². The molecule has 1 atom stereocenters. The van der Waals surface area contributed by atoms with Gasteiger partial charge in [-0.1, -0.05) is 32.0 Å². The average molecular weight is 318 g/mol. The zero-order valence-electron chi connectivity index (χ0n) is 12.0. The Morgan fingerprint density at radius 1 is 1.29 bits per heavy atom. The summed E-state index contributed by atoms with van der Waals surface area (Å²) in [7, 11) is -3.76. The minimum absolute atomic E-state index is 0.0374. The smallest absolute Gasteiger partial charge is 0.399 e. The van der Waals surface area contributed by atoms with Crippen molar-refractivity contribution in [2.45, 2.75) is 37.6 Å². The third kappa shape index (κ3) is 2.69. The predicted molar refractivity (Wildman–Crippen MR) is 77.6 cm³/mol. The number of hydrogen-bond acceptors (Lipinski definition) is 2. The van der Waals surface area contributed by atoms with Gasteiger partial charge in [-0.15, -0.1) is 0 Å². The average Bonchev–Trinajstić information content (AvgIpc) is 2.62.